The lowest BCUT2D eigenvalue weighted by molar-refractivity contribution is -0.131. The summed E-state index contributed by atoms with van der Waals surface area (Å²) in [5, 5.41) is 4.76. The number of ether oxygens (including phenoxy) is 2. The smallest absolute Gasteiger partial charge is 0.308 e. The molecule has 0 spiro atoms. The van der Waals surface area contributed by atoms with Crippen molar-refractivity contribution in [1.82, 2.24) is 9.97 Å². The van der Waals surface area contributed by atoms with E-state index < -0.39 is 5.97 Å². The molecule has 25 heavy (non-hydrogen) atoms. The van der Waals surface area contributed by atoms with Gasteiger partial charge >= 0.3 is 5.97 Å². The average Bonchev–Trinajstić information content (AvgIpc) is 2.57. The second-order valence-electron chi connectivity index (χ2n) is 5.09. The minimum absolute atomic E-state index is 0.293. The Bertz CT molecular complexity index is 963. The van der Waals surface area contributed by atoms with Gasteiger partial charge in [0.1, 0.15) is 12.1 Å². The van der Waals surface area contributed by atoms with Crippen LogP contribution in [-0.4, -0.2) is 23.0 Å². The molecule has 0 bridgehead atoms. The molecule has 0 fully saturated rings. The van der Waals surface area contributed by atoms with Gasteiger partial charge < -0.3 is 14.8 Å². The van der Waals surface area contributed by atoms with Crippen molar-refractivity contribution in [2.24, 2.45) is 0 Å². The number of carbonyl (C=O) groups is 1. The number of rotatable bonds is 4. The number of anilines is 2. The molecular formula is C17H13Cl2N3O3. The highest BCUT2D eigenvalue weighted by Gasteiger charge is 2.13. The van der Waals surface area contributed by atoms with Crippen LogP contribution in [0.3, 0.4) is 0 Å². The van der Waals surface area contributed by atoms with Crippen molar-refractivity contribution in [3.8, 4) is 11.5 Å². The topological polar surface area (TPSA) is 73.3 Å². The number of carbonyl (C=O) groups excluding carboxylic acids is 1. The van der Waals surface area contributed by atoms with E-state index in [4.69, 9.17) is 32.7 Å². The summed E-state index contributed by atoms with van der Waals surface area (Å²) < 4.78 is 10.4. The van der Waals surface area contributed by atoms with Crippen molar-refractivity contribution in [1.29, 1.82) is 0 Å². The van der Waals surface area contributed by atoms with E-state index in [9.17, 15) is 4.79 Å². The van der Waals surface area contributed by atoms with Gasteiger partial charge in [0, 0.05) is 24.1 Å². The molecule has 0 amide bonds. The van der Waals surface area contributed by atoms with Gasteiger partial charge in [-0.25, -0.2) is 9.97 Å². The highest BCUT2D eigenvalue weighted by atomic mass is 35.5. The van der Waals surface area contributed by atoms with Crippen molar-refractivity contribution in [2.45, 2.75) is 6.92 Å². The third kappa shape index (κ3) is 3.75. The molecule has 3 rings (SSSR count). The predicted octanol–water partition coefficient (Wildman–Crippen LogP) is 4.61. The highest BCUT2D eigenvalue weighted by molar-refractivity contribution is 6.42. The molecule has 0 saturated heterocycles. The number of hydrogen-bond acceptors (Lipinski definition) is 6. The molecule has 0 aliphatic heterocycles. The number of hydrogen-bond donors (Lipinski definition) is 1. The quantitative estimate of drug-likeness (QED) is 0.528. The first kappa shape index (κ1) is 17.3. The molecular weight excluding hydrogens is 365 g/mol. The third-order valence-electron chi connectivity index (χ3n) is 3.36. The lowest BCUT2D eigenvalue weighted by Gasteiger charge is -2.12. The summed E-state index contributed by atoms with van der Waals surface area (Å²) in [5.74, 6) is 0.799. The van der Waals surface area contributed by atoms with E-state index in [0.29, 0.717) is 38.3 Å². The first-order chi connectivity index (χ1) is 12.0. The summed E-state index contributed by atoms with van der Waals surface area (Å²) in [4.78, 5) is 19.7. The zero-order chi connectivity index (χ0) is 18.0. The SMILES string of the molecule is COc1cc2c(Nc3ccc(Cl)c(Cl)c3)ncnc2cc1OC(C)=O. The fourth-order valence-electron chi connectivity index (χ4n) is 2.27. The number of halogens is 2. The Labute approximate surface area is 153 Å². The van der Waals surface area contributed by atoms with Crippen molar-refractivity contribution in [3.05, 3.63) is 46.7 Å². The highest BCUT2D eigenvalue weighted by Crippen LogP contribution is 2.35. The van der Waals surface area contributed by atoms with Gasteiger partial charge in [0.25, 0.3) is 0 Å². The van der Waals surface area contributed by atoms with Gasteiger partial charge in [-0.2, -0.15) is 0 Å². The van der Waals surface area contributed by atoms with Gasteiger partial charge in [-0.3, -0.25) is 4.79 Å². The molecule has 1 N–H and O–H groups in total. The molecule has 1 heterocycles. The number of aromatic nitrogens is 2. The Kier molecular flexibility index (Phi) is 4.92. The van der Waals surface area contributed by atoms with Crippen LogP contribution < -0.4 is 14.8 Å². The van der Waals surface area contributed by atoms with Crippen LogP contribution in [0.4, 0.5) is 11.5 Å². The summed E-state index contributed by atoms with van der Waals surface area (Å²) in [6, 6.07) is 8.49. The van der Waals surface area contributed by atoms with E-state index >= 15 is 0 Å². The van der Waals surface area contributed by atoms with Gasteiger partial charge in [-0.1, -0.05) is 23.2 Å². The summed E-state index contributed by atoms with van der Waals surface area (Å²) in [6.45, 7) is 1.32. The van der Waals surface area contributed by atoms with Crippen LogP contribution in [0.25, 0.3) is 10.9 Å². The van der Waals surface area contributed by atoms with Crippen molar-refractivity contribution in [2.75, 3.05) is 12.4 Å². The Balaban J connectivity index is 2.06. The third-order valence-corrected chi connectivity index (χ3v) is 4.10. The molecule has 0 unspecified atom stereocenters. The average molecular weight is 378 g/mol. The van der Waals surface area contributed by atoms with Crippen LogP contribution >= 0.6 is 23.2 Å². The largest absolute Gasteiger partial charge is 0.493 e. The molecule has 128 valence electrons. The molecule has 0 saturated carbocycles. The second kappa shape index (κ2) is 7.13. The fraction of sp³-hybridized carbons (Fsp3) is 0.118. The van der Waals surface area contributed by atoms with E-state index in [0.717, 1.165) is 5.69 Å². The van der Waals surface area contributed by atoms with E-state index in [-0.39, 0.29) is 0 Å². The second-order valence-corrected chi connectivity index (χ2v) is 5.90. The molecule has 2 aromatic carbocycles. The molecule has 0 aliphatic carbocycles. The Morgan fingerprint density at radius 1 is 1.08 bits per heavy atom. The van der Waals surface area contributed by atoms with Gasteiger partial charge in [-0.15, -0.1) is 0 Å². The van der Waals surface area contributed by atoms with Crippen LogP contribution in [0, 0.1) is 0 Å². The molecule has 6 nitrogen and oxygen atoms in total. The summed E-state index contributed by atoms with van der Waals surface area (Å²) in [7, 11) is 1.49. The van der Waals surface area contributed by atoms with Crippen molar-refractivity contribution >= 4 is 51.6 Å². The molecule has 1 aromatic heterocycles. The van der Waals surface area contributed by atoms with Gasteiger partial charge in [-0.05, 0) is 24.3 Å². The Morgan fingerprint density at radius 2 is 1.88 bits per heavy atom. The molecule has 0 radical (unpaired) electrons. The van der Waals surface area contributed by atoms with Crippen LogP contribution in [0.2, 0.25) is 10.0 Å². The standard InChI is InChI=1S/C17H13Cl2N3O3/c1-9(23)25-16-7-14-11(6-15(16)24-2)17(21-8-20-14)22-10-3-4-12(18)13(19)5-10/h3-8H,1-2H3,(H,20,21,22). The van der Waals surface area contributed by atoms with Crippen LogP contribution in [0.1, 0.15) is 6.92 Å². The number of nitrogens with one attached hydrogen (secondary N) is 1. The zero-order valence-corrected chi connectivity index (χ0v) is 14.9. The molecule has 3 aromatic rings. The lowest BCUT2D eigenvalue weighted by Crippen LogP contribution is -2.04. The normalized spacial score (nSPS) is 10.6. The Hall–Kier alpha value is -2.57. The van der Waals surface area contributed by atoms with E-state index in [2.05, 4.69) is 15.3 Å². The summed E-state index contributed by atoms with van der Waals surface area (Å²) >= 11 is 12.0. The fourth-order valence-corrected chi connectivity index (χ4v) is 2.57. The minimum atomic E-state index is -0.444. The van der Waals surface area contributed by atoms with E-state index in [1.54, 1.807) is 30.3 Å². The first-order valence-corrected chi connectivity index (χ1v) is 7.96. The predicted molar refractivity (Wildman–Crippen MR) is 97.1 cm³/mol. The number of esters is 1. The molecule has 8 heteroatoms. The lowest BCUT2D eigenvalue weighted by atomic mass is 10.2. The molecule has 0 aliphatic rings. The maximum Gasteiger partial charge on any atom is 0.308 e. The number of nitrogens with zero attached hydrogens (tertiary/aromatic N) is 2. The maximum absolute atomic E-state index is 11.2. The first-order valence-electron chi connectivity index (χ1n) is 7.21. The number of fused-ring (bicyclic) bond motifs is 1. The Morgan fingerprint density at radius 3 is 2.56 bits per heavy atom. The van der Waals surface area contributed by atoms with Gasteiger partial charge in [0.05, 0.1) is 22.7 Å². The number of benzene rings is 2. The summed E-state index contributed by atoms with van der Waals surface area (Å²) in [5.41, 5.74) is 1.31. The van der Waals surface area contributed by atoms with E-state index in [1.165, 1.54) is 20.4 Å². The monoisotopic (exact) mass is 377 g/mol. The van der Waals surface area contributed by atoms with Crippen molar-refractivity contribution < 1.29 is 14.3 Å². The van der Waals surface area contributed by atoms with Crippen LogP contribution in [0.5, 0.6) is 11.5 Å². The molecule has 0 atom stereocenters. The minimum Gasteiger partial charge on any atom is -0.493 e. The van der Waals surface area contributed by atoms with Crippen molar-refractivity contribution in [3.63, 3.8) is 0 Å². The van der Waals surface area contributed by atoms with Gasteiger partial charge in [0.2, 0.25) is 0 Å². The summed E-state index contributed by atoms with van der Waals surface area (Å²) in [6.07, 6.45) is 1.41. The maximum atomic E-state index is 11.2. The van der Waals surface area contributed by atoms with E-state index in [1.807, 2.05) is 0 Å². The van der Waals surface area contributed by atoms with Crippen LogP contribution in [0.15, 0.2) is 36.7 Å². The van der Waals surface area contributed by atoms with Crippen LogP contribution in [-0.2, 0) is 4.79 Å². The number of methoxy groups -OCH3 is 1. The van der Waals surface area contributed by atoms with Gasteiger partial charge in [0.15, 0.2) is 11.5 Å². The zero-order valence-electron chi connectivity index (χ0n) is 13.3.